The minimum absolute atomic E-state index is 1.08. The Bertz CT molecular complexity index is 1290. The molecule has 6 heteroatoms. The molecule has 0 nitrogen and oxygen atoms in total. The standard InChI is InChI=1S/2C13H10.C3H2F6/c2*1-4-10-6-2-8-12-9-3-7-11(5-1)13(10)12;4-1-2(5,6)3(7,8)9/h2*1-8H,9H2;1H2. The lowest BCUT2D eigenvalue weighted by molar-refractivity contribution is -0.286. The molecular weight excluding hydrogens is 462 g/mol. The number of benzene rings is 4. The van der Waals surface area contributed by atoms with E-state index in [9.17, 15) is 26.3 Å². The Morgan fingerprint density at radius 2 is 0.971 bits per heavy atom. The summed E-state index contributed by atoms with van der Waals surface area (Å²) in [5.74, 6) is -5.19. The first-order valence-corrected chi connectivity index (χ1v) is 11.1. The summed E-state index contributed by atoms with van der Waals surface area (Å²) in [7, 11) is 0. The van der Waals surface area contributed by atoms with Gasteiger partial charge in [-0.1, -0.05) is 97.1 Å². The van der Waals surface area contributed by atoms with Crippen LogP contribution in [-0.4, -0.2) is 18.8 Å². The van der Waals surface area contributed by atoms with E-state index in [2.05, 4.69) is 97.1 Å². The van der Waals surface area contributed by atoms with Crippen molar-refractivity contribution in [3.63, 3.8) is 0 Å². The normalized spacial score (nSPS) is 13.7. The molecule has 0 saturated heterocycles. The Labute approximate surface area is 199 Å². The SMILES string of the molecule is C1=Cc2cccc3cccc(c23)C1.C1=Cc2cccc3cccc(c23)C1.FCC(F)(F)C(F)(F)F. The summed E-state index contributed by atoms with van der Waals surface area (Å²) in [6.07, 6.45) is 5.29. The molecule has 0 heterocycles. The lowest BCUT2D eigenvalue weighted by Crippen LogP contribution is -2.38. The summed E-state index contributed by atoms with van der Waals surface area (Å²) in [6, 6.07) is 26.1. The average Bonchev–Trinajstić information content (AvgIpc) is 2.86. The molecule has 0 atom stereocenters. The molecule has 0 amide bonds. The Kier molecular flexibility index (Phi) is 7.01. The third-order valence-electron chi connectivity index (χ3n) is 5.90. The monoisotopic (exact) mass is 484 g/mol. The largest absolute Gasteiger partial charge is 0.456 e. The number of alkyl halides is 6. The van der Waals surface area contributed by atoms with E-state index in [1.165, 1.54) is 43.8 Å². The van der Waals surface area contributed by atoms with Gasteiger partial charge in [-0.2, -0.15) is 22.0 Å². The third kappa shape index (κ3) is 5.26. The summed E-state index contributed by atoms with van der Waals surface area (Å²) in [5.41, 5.74) is 5.63. The highest BCUT2D eigenvalue weighted by Crippen LogP contribution is 2.35. The fourth-order valence-corrected chi connectivity index (χ4v) is 4.22. The van der Waals surface area contributed by atoms with Crippen LogP contribution < -0.4 is 0 Å². The summed E-state index contributed by atoms with van der Waals surface area (Å²) in [5, 5.41) is 5.60. The quantitative estimate of drug-likeness (QED) is 0.237. The van der Waals surface area contributed by atoms with Crippen LogP contribution in [0, 0.1) is 0 Å². The highest BCUT2D eigenvalue weighted by molar-refractivity contribution is 5.95. The van der Waals surface area contributed by atoms with Gasteiger partial charge in [0.1, 0.15) is 0 Å². The summed E-state index contributed by atoms with van der Waals surface area (Å²) in [4.78, 5) is 0. The number of rotatable bonds is 1. The van der Waals surface area contributed by atoms with Crippen LogP contribution in [0.1, 0.15) is 22.3 Å². The van der Waals surface area contributed by atoms with Crippen LogP contribution in [0.4, 0.5) is 26.3 Å². The van der Waals surface area contributed by atoms with Crippen LogP contribution in [-0.2, 0) is 12.8 Å². The molecule has 2 aliphatic carbocycles. The zero-order valence-electron chi connectivity index (χ0n) is 18.6. The Morgan fingerprint density at radius 3 is 1.31 bits per heavy atom. The van der Waals surface area contributed by atoms with E-state index in [0.717, 1.165) is 12.8 Å². The molecule has 0 unspecified atom stereocenters. The van der Waals surface area contributed by atoms with E-state index in [1.807, 2.05) is 0 Å². The lowest BCUT2D eigenvalue weighted by atomic mass is 9.93. The first-order valence-electron chi connectivity index (χ1n) is 11.1. The van der Waals surface area contributed by atoms with E-state index in [-0.39, 0.29) is 0 Å². The van der Waals surface area contributed by atoms with Crippen molar-refractivity contribution >= 4 is 33.7 Å². The van der Waals surface area contributed by atoms with Crippen molar-refractivity contribution in [1.29, 1.82) is 0 Å². The van der Waals surface area contributed by atoms with Crippen molar-refractivity contribution in [2.75, 3.05) is 6.67 Å². The molecule has 4 aromatic carbocycles. The number of hydrogen-bond donors (Lipinski definition) is 0. The van der Waals surface area contributed by atoms with Gasteiger partial charge in [-0.15, -0.1) is 0 Å². The van der Waals surface area contributed by atoms with Gasteiger partial charge in [0, 0.05) is 0 Å². The maximum atomic E-state index is 11.2. The third-order valence-corrected chi connectivity index (χ3v) is 5.90. The van der Waals surface area contributed by atoms with Crippen molar-refractivity contribution in [2.45, 2.75) is 24.9 Å². The van der Waals surface area contributed by atoms with Gasteiger partial charge in [-0.25, -0.2) is 4.39 Å². The molecule has 0 fully saturated rings. The van der Waals surface area contributed by atoms with E-state index in [1.54, 1.807) is 0 Å². The first-order chi connectivity index (χ1) is 16.7. The summed E-state index contributed by atoms with van der Waals surface area (Å²) >= 11 is 0. The molecule has 0 N–H and O–H groups in total. The lowest BCUT2D eigenvalue weighted by Gasteiger charge is -2.14. The van der Waals surface area contributed by atoms with Crippen molar-refractivity contribution < 1.29 is 26.3 Å². The van der Waals surface area contributed by atoms with Gasteiger partial charge in [0.05, 0.1) is 0 Å². The summed E-state index contributed by atoms with van der Waals surface area (Å²) < 4.78 is 65.6. The van der Waals surface area contributed by atoms with Crippen molar-refractivity contribution in [3.05, 3.63) is 107 Å². The second-order valence-electron chi connectivity index (χ2n) is 8.27. The van der Waals surface area contributed by atoms with Gasteiger partial charge >= 0.3 is 12.1 Å². The van der Waals surface area contributed by atoms with E-state index in [0.29, 0.717) is 0 Å². The molecule has 0 saturated carbocycles. The molecule has 4 aromatic rings. The predicted molar refractivity (Wildman–Crippen MR) is 130 cm³/mol. The average molecular weight is 484 g/mol. The van der Waals surface area contributed by atoms with Crippen LogP contribution in [0.2, 0.25) is 0 Å². The predicted octanol–water partition coefficient (Wildman–Crippen LogP) is 8.97. The van der Waals surface area contributed by atoms with Crippen LogP contribution >= 0.6 is 0 Å². The first kappa shape index (κ1) is 24.6. The Balaban J connectivity index is 0.000000127. The molecular formula is C29H22F6. The number of halogens is 6. The fraction of sp³-hybridized carbons (Fsp3) is 0.172. The van der Waals surface area contributed by atoms with Gasteiger partial charge in [0.2, 0.25) is 0 Å². The molecule has 0 aliphatic heterocycles. The molecule has 0 aromatic heterocycles. The molecule has 35 heavy (non-hydrogen) atoms. The van der Waals surface area contributed by atoms with Crippen molar-refractivity contribution in [1.82, 2.24) is 0 Å². The van der Waals surface area contributed by atoms with Crippen LogP contribution in [0.5, 0.6) is 0 Å². The maximum absolute atomic E-state index is 11.2. The number of hydrogen-bond acceptors (Lipinski definition) is 0. The van der Waals surface area contributed by atoms with Gasteiger partial charge in [-0.05, 0) is 56.6 Å². The summed E-state index contributed by atoms with van der Waals surface area (Å²) in [6.45, 7) is -2.70. The molecule has 6 rings (SSSR count). The van der Waals surface area contributed by atoms with Crippen molar-refractivity contribution in [3.8, 4) is 0 Å². The molecule has 2 aliphatic rings. The highest BCUT2D eigenvalue weighted by Gasteiger charge is 2.57. The van der Waals surface area contributed by atoms with E-state index < -0.39 is 18.8 Å². The second kappa shape index (κ2) is 9.98. The molecule has 0 bridgehead atoms. The molecule has 0 spiro atoms. The van der Waals surface area contributed by atoms with E-state index >= 15 is 0 Å². The minimum atomic E-state index is -5.76. The van der Waals surface area contributed by atoms with Gasteiger partial charge in [0.25, 0.3) is 0 Å². The van der Waals surface area contributed by atoms with Gasteiger partial charge < -0.3 is 0 Å². The zero-order chi connectivity index (χ0) is 25.1. The van der Waals surface area contributed by atoms with Crippen molar-refractivity contribution in [2.24, 2.45) is 0 Å². The topological polar surface area (TPSA) is 0 Å². The van der Waals surface area contributed by atoms with Gasteiger partial charge in [0.15, 0.2) is 6.67 Å². The van der Waals surface area contributed by atoms with Gasteiger partial charge in [-0.3, -0.25) is 0 Å². The van der Waals surface area contributed by atoms with Crippen LogP contribution in [0.25, 0.3) is 33.7 Å². The maximum Gasteiger partial charge on any atom is 0.456 e. The molecule has 180 valence electrons. The smallest absolute Gasteiger partial charge is 0.244 e. The molecule has 0 radical (unpaired) electrons. The highest BCUT2D eigenvalue weighted by atomic mass is 19.4. The minimum Gasteiger partial charge on any atom is -0.244 e. The van der Waals surface area contributed by atoms with Crippen LogP contribution in [0.3, 0.4) is 0 Å². The second-order valence-corrected chi connectivity index (χ2v) is 8.27. The Hall–Kier alpha value is -3.54. The number of allylic oxidation sites excluding steroid dienone is 2. The zero-order valence-corrected chi connectivity index (χ0v) is 18.6. The fourth-order valence-electron chi connectivity index (χ4n) is 4.22. The Morgan fingerprint density at radius 1 is 0.571 bits per heavy atom. The van der Waals surface area contributed by atoms with E-state index in [4.69, 9.17) is 0 Å². The van der Waals surface area contributed by atoms with Crippen LogP contribution in [0.15, 0.2) is 84.9 Å².